The van der Waals surface area contributed by atoms with Crippen molar-refractivity contribution in [3.8, 4) is 0 Å². The minimum Gasteiger partial charge on any atom is -0.374 e. The summed E-state index contributed by atoms with van der Waals surface area (Å²) in [5, 5.41) is 2.71. The topological polar surface area (TPSA) is 66.5 Å². The molecule has 0 saturated heterocycles. The molecule has 1 amide bonds. The number of nitrogens with zero attached hydrogens (tertiary/aromatic N) is 1. The van der Waals surface area contributed by atoms with E-state index >= 15 is 0 Å². The summed E-state index contributed by atoms with van der Waals surface area (Å²) in [6.45, 7) is 1.02. The van der Waals surface area contributed by atoms with Crippen LogP contribution in [0.15, 0.2) is 46.9 Å². The number of hydrogen-bond donors (Lipinski definition) is 1. The van der Waals surface area contributed by atoms with Crippen LogP contribution < -0.4 is 10.2 Å². The first-order valence-electron chi connectivity index (χ1n) is 8.41. The Kier molecular flexibility index (Phi) is 5.67. The monoisotopic (exact) mass is 436 g/mol. The lowest BCUT2D eigenvalue weighted by Gasteiger charge is -2.27. The molecule has 1 aliphatic heterocycles. The summed E-state index contributed by atoms with van der Waals surface area (Å²) >= 11 is 3.32. The summed E-state index contributed by atoms with van der Waals surface area (Å²) in [5.41, 5.74) is 3.63. The largest absolute Gasteiger partial charge is 0.374 e. The Hall–Kier alpha value is -1.86. The van der Waals surface area contributed by atoms with E-state index in [9.17, 15) is 13.2 Å². The van der Waals surface area contributed by atoms with Gasteiger partial charge in [0.2, 0.25) is 5.91 Å². The zero-order chi connectivity index (χ0) is 18.7. The minimum absolute atomic E-state index is 0.158. The van der Waals surface area contributed by atoms with Crippen molar-refractivity contribution in [2.45, 2.75) is 18.6 Å². The van der Waals surface area contributed by atoms with Crippen molar-refractivity contribution in [1.82, 2.24) is 0 Å². The SMILES string of the molecule is CN1CCCc2cc(NC(=O)CS(=O)(=O)Cc3cccc(Br)c3)ccc21. The summed E-state index contributed by atoms with van der Waals surface area (Å²) in [6.07, 6.45) is 2.03. The maximum Gasteiger partial charge on any atom is 0.239 e. The fourth-order valence-corrected chi connectivity index (χ4v) is 4.90. The number of rotatable bonds is 5. The summed E-state index contributed by atoms with van der Waals surface area (Å²) in [6, 6.07) is 12.8. The number of nitrogens with one attached hydrogen (secondary N) is 1. The van der Waals surface area contributed by atoms with Crippen molar-refractivity contribution >= 4 is 43.0 Å². The van der Waals surface area contributed by atoms with Crippen LogP contribution in [0.4, 0.5) is 11.4 Å². The second-order valence-electron chi connectivity index (χ2n) is 6.58. The van der Waals surface area contributed by atoms with Crippen LogP contribution in [-0.2, 0) is 26.8 Å². The maximum atomic E-state index is 12.3. The molecule has 2 aromatic rings. The summed E-state index contributed by atoms with van der Waals surface area (Å²) in [4.78, 5) is 14.4. The molecule has 5 nitrogen and oxygen atoms in total. The van der Waals surface area contributed by atoms with Gasteiger partial charge < -0.3 is 10.2 Å². The Morgan fingerprint density at radius 3 is 2.81 bits per heavy atom. The Morgan fingerprint density at radius 2 is 2.04 bits per heavy atom. The van der Waals surface area contributed by atoms with Crippen LogP contribution in [0.2, 0.25) is 0 Å². The molecule has 0 fully saturated rings. The van der Waals surface area contributed by atoms with E-state index in [-0.39, 0.29) is 5.75 Å². The predicted octanol–water partition coefficient (Wildman–Crippen LogP) is 3.39. The molecule has 0 radical (unpaired) electrons. The highest BCUT2D eigenvalue weighted by Crippen LogP contribution is 2.28. The van der Waals surface area contributed by atoms with Gasteiger partial charge in [0.1, 0.15) is 5.75 Å². The average Bonchev–Trinajstić information content (AvgIpc) is 2.53. The van der Waals surface area contributed by atoms with Crippen LogP contribution in [0.3, 0.4) is 0 Å². The molecule has 0 saturated carbocycles. The van der Waals surface area contributed by atoms with Gasteiger partial charge in [0.25, 0.3) is 0 Å². The maximum absolute atomic E-state index is 12.3. The molecule has 138 valence electrons. The summed E-state index contributed by atoms with van der Waals surface area (Å²) < 4.78 is 25.4. The van der Waals surface area contributed by atoms with Crippen molar-refractivity contribution < 1.29 is 13.2 Å². The molecular weight excluding hydrogens is 416 g/mol. The molecule has 26 heavy (non-hydrogen) atoms. The average molecular weight is 437 g/mol. The molecule has 0 aromatic heterocycles. The lowest BCUT2D eigenvalue weighted by atomic mass is 10.0. The molecule has 3 rings (SSSR count). The third-order valence-corrected chi connectivity index (χ3v) is 6.31. The third-order valence-electron chi connectivity index (χ3n) is 4.34. The van der Waals surface area contributed by atoms with Crippen LogP contribution in [0.5, 0.6) is 0 Å². The molecule has 2 aromatic carbocycles. The van der Waals surface area contributed by atoms with E-state index in [2.05, 4.69) is 26.1 Å². The van der Waals surface area contributed by atoms with Crippen molar-refractivity contribution in [2.24, 2.45) is 0 Å². The van der Waals surface area contributed by atoms with Crippen LogP contribution in [-0.4, -0.2) is 33.7 Å². The van der Waals surface area contributed by atoms with Gasteiger partial charge in [-0.2, -0.15) is 0 Å². The number of halogens is 1. The molecule has 1 heterocycles. The highest BCUT2D eigenvalue weighted by molar-refractivity contribution is 9.10. The van der Waals surface area contributed by atoms with Crippen molar-refractivity contribution in [2.75, 3.05) is 29.6 Å². The number of carbonyl (C=O) groups is 1. The number of sulfone groups is 1. The molecule has 0 aliphatic carbocycles. The first kappa shape index (κ1) is 18.9. The summed E-state index contributed by atoms with van der Waals surface area (Å²) in [7, 11) is -1.49. The van der Waals surface area contributed by atoms with Gasteiger partial charge in [-0.25, -0.2) is 8.42 Å². The van der Waals surface area contributed by atoms with Gasteiger partial charge in [-0.1, -0.05) is 28.1 Å². The zero-order valence-corrected chi connectivity index (χ0v) is 16.9. The second kappa shape index (κ2) is 7.80. The molecule has 0 atom stereocenters. The number of aryl methyl sites for hydroxylation is 1. The highest BCUT2D eigenvalue weighted by Gasteiger charge is 2.19. The Morgan fingerprint density at radius 1 is 1.23 bits per heavy atom. The van der Waals surface area contributed by atoms with Crippen LogP contribution >= 0.6 is 15.9 Å². The molecule has 0 bridgehead atoms. The van der Waals surface area contributed by atoms with E-state index in [4.69, 9.17) is 0 Å². The molecule has 0 spiro atoms. The number of benzene rings is 2. The van der Waals surface area contributed by atoms with Crippen molar-refractivity contribution in [3.63, 3.8) is 0 Å². The first-order valence-corrected chi connectivity index (χ1v) is 11.0. The molecule has 1 N–H and O–H groups in total. The number of amides is 1. The molecule has 1 aliphatic rings. The van der Waals surface area contributed by atoms with Crippen LogP contribution in [0, 0.1) is 0 Å². The normalized spacial score (nSPS) is 14.0. The van der Waals surface area contributed by atoms with E-state index in [0.29, 0.717) is 11.3 Å². The number of carbonyl (C=O) groups excluding carboxylic acids is 1. The fraction of sp³-hybridized carbons (Fsp3) is 0.316. The van der Waals surface area contributed by atoms with E-state index in [1.54, 1.807) is 18.2 Å². The van der Waals surface area contributed by atoms with Gasteiger partial charge in [0, 0.05) is 29.4 Å². The smallest absolute Gasteiger partial charge is 0.239 e. The van der Waals surface area contributed by atoms with Crippen LogP contribution in [0.1, 0.15) is 17.5 Å². The minimum atomic E-state index is -3.54. The Labute approximate surface area is 162 Å². The third kappa shape index (κ3) is 4.86. The number of anilines is 2. The Bertz CT molecular complexity index is 928. The van der Waals surface area contributed by atoms with Gasteiger partial charge in [-0.05, 0) is 54.3 Å². The highest BCUT2D eigenvalue weighted by atomic mass is 79.9. The number of hydrogen-bond acceptors (Lipinski definition) is 4. The van der Waals surface area contributed by atoms with Crippen molar-refractivity contribution in [3.05, 3.63) is 58.1 Å². The van der Waals surface area contributed by atoms with E-state index in [1.165, 1.54) is 5.56 Å². The van der Waals surface area contributed by atoms with Gasteiger partial charge in [0.05, 0.1) is 5.75 Å². The van der Waals surface area contributed by atoms with E-state index in [0.717, 1.165) is 29.5 Å². The zero-order valence-electron chi connectivity index (χ0n) is 14.5. The number of fused-ring (bicyclic) bond motifs is 1. The van der Waals surface area contributed by atoms with Gasteiger partial charge in [-0.15, -0.1) is 0 Å². The standard InChI is InChI=1S/C19H21BrN2O3S/c1-22-9-3-5-15-11-17(7-8-18(15)22)21-19(23)13-26(24,25)12-14-4-2-6-16(20)10-14/h2,4,6-8,10-11H,3,5,9,12-13H2,1H3,(H,21,23). The second-order valence-corrected chi connectivity index (χ2v) is 9.56. The first-order chi connectivity index (χ1) is 12.3. The van der Waals surface area contributed by atoms with Crippen LogP contribution in [0.25, 0.3) is 0 Å². The quantitative estimate of drug-likeness (QED) is 0.779. The molecular formula is C19H21BrN2O3S. The lowest BCUT2D eigenvalue weighted by Crippen LogP contribution is -2.26. The van der Waals surface area contributed by atoms with Gasteiger partial charge in [0.15, 0.2) is 9.84 Å². The van der Waals surface area contributed by atoms with Gasteiger partial charge in [-0.3, -0.25) is 4.79 Å². The molecule has 7 heteroatoms. The molecule has 0 unspecified atom stereocenters. The summed E-state index contributed by atoms with van der Waals surface area (Å²) in [5.74, 6) is -1.20. The van der Waals surface area contributed by atoms with Crippen molar-refractivity contribution in [1.29, 1.82) is 0 Å². The lowest BCUT2D eigenvalue weighted by molar-refractivity contribution is -0.113. The Balaban J connectivity index is 1.65. The van der Waals surface area contributed by atoms with E-state index < -0.39 is 21.5 Å². The fourth-order valence-electron chi connectivity index (χ4n) is 3.19. The predicted molar refractivity (Wildman–Crippen MR) is 108 cm³/mol. The van der Waals surface area contributed by atoms with Gasteiger partial charge >= 0.3 is 0 Å². The van der Waals surface area contributed by atoms with E-state index in [1.807, 2.05) is 31.3 Å².